The van der Waals surface area contributed by atoms with Gasteiger partial charge in [0, 0.05) is 21.7 Å². The molecule has 186 valence electrons. The van der Waals surface area contributed by atoms with Gasteiger partial charge in [-0.15, -0.1) is 0 Å². The number of para-hydroxylation sites is 2. The molecule has 8 aromatic rings. The van der Waals surface area contributed by atoms with Gasteiger partial charge in [-0.25, -0.2) is 0 Å². The third kappa shape index (κ3) is 2.93. The maximum Gasteiger partial charge on any atom is 0.136 e. The highest BCUT2D eigenvalue weighted by molar-refractivity contribution is 6.18. The van der Waals surface area contributed by atoms with Crippen LogP contribution in [0, 0.1) is 0 Å². The monoisotopic (exact) mass is 510 g/mol. The van der Waals surface area contributed by atoms with Crippen molar-refractivity contribution in [1.29, 1.82) is 0 Å². The Labute approximate surface area is 230 Å². The third-order valence-electron chi connectivity index (χ3n) is 8.31. The lowest BCUT2D eigenvalue weighted by atomic mass is 9.87. The van der Waals surface area contributed by atoms with Crippen molar-refractivity contribution in [1.82, 2.24) is 0 Å². The Morgan fingerprint density at radius 2 is 0.850 bits per heavy atom. The Bertz CT molecular complexity index is 2300. The summed E-state index contributed by atoms with van der Waals surface area (Å²) >= 11 is 0. The third-order valence-corrected chi connectivity index (χ3v) is 8.31. The zero-order valence-corrected chi connectivity index (χ0v) is 21.5. The van der Waals surface area contributed by atoms with Crippen LogP contribution in [-0.2, 0) is 0 Å². The van der Waals surface area contributed by atoms with E-state index in [1.54, 1.807) is 0 Å². The van der Waals surface area contributed by atoms with Gasteiger partial charge in [0.15, 0.2) is 0 Å². The quantitative estimate of drug-likeness (QED) is 0.231. The summed E-state index contributed by atoms with van der Waals surface area (Å²) in [6.07, 6.45) is 0. The van der Waals surface area contributed by atoms with Gasteiger partial charge in [-0.2, -0.15) is 0 Å². The van der Waals surface area contributed by atoms with Crippen molar-refractivity contribution in [3.63, 3.8) is 0 Å². The molecule has 0 aliphatic carbocycles. The van der Waals surface area contributed by atoms with Crippen LogP contribution in [0.15, 0.2) is 138 Å². The number of furan rings is 1. The van der Waals surface area contributed by atoms with E-state index in [2.05, 4.69) is 109 Å². The second kappa shape index (κ2) is 8.08. The zero-order valence-electron chi connectivity index (χ0n) is 21.5. The van der Waals surface area contributed by atoms with E-state index in [4.69, 9.17) is 9.15 Å². The molecule has 0 atom stereocenters. The minimum absolute atomic E-state index is 0.908. The maximum atomic E-state index is 6.36. The average molecular weight is 511 g/mol. The van der Waals surface area contributed by atoms with Gasteiger partial charge in [0.2, 0.25) is 0 Å². The van der Waals surface area contributed by atoms with Gasteiger partial charge >= 0.3 is 0 Å². The molecule has 2 nitrogen and oxygen atoms in total. The van der Waals surface area contributed by atoms with Crippen LogP contribution < -0.4 is 4.74 Å². The van der Waals surface area contributed by atoms with Gasteiger partial charge in [0.05, 0.1) is 0 Å². The first kappa shape index (κ1) is 21.6. The lowest BCUT2D eigenvalue weighted by Crippen LogP contribution is -1.97. The Kier molecular flexibility index (Phi) is 4.36. The van der Waals surface area contributed by atoms with Crippen LogP contribution in [0.1, 0.15) is 0 Å². The maximum absolute atomic E-state index is 6.36. The smallest absolute Gasteiger partial charge is 0.136 e. The predicted octanol–water partition coefficient (Wildman–Crippen LogP) is 11.0. The highest BCUT2D eigenvalue weighted by Gasteiger charge is 2.22. The molecule has 9 rings (SSSR count). The van der Waals surface area contributed by atoms with Crippen LogP contribution in [0.4, 0.5) is 0 Å². The molecule has 1 aliphatic heterocycles. The average Bonchev–Trinajstić information content (AvgIpc) is 3.40. The van der Waals surface area contributed by atoms with Crippen molar-refractivity contribution in [2.24, 2.45) is 0 Å². The number of fused-ring (bicyclic) bond motifs is 6. The molecule has 40 heavy (non-hydrogen) atoms. The van der Waals surface area contributed by atoms with E-state index in [1.807, 2.05) is 24.3 Å². The van der Waals surface area contributed by atoms with Crippen LogP contribution in [0.2, 0.25) is 0 Å². The molecule has 0 N–H and O–H groups in total. The Morgan fingerprint density at radius 1 is 0.300 bits per heavy atom. The van der Waals surface area contributed by atoms with Crippen molar-refractivity contribution in [2.45, 2.75) is 0 Å². The molecule has 7 aromatic carbocycles. The van der Waals surface area contributed by atoms with E-state index in [-0.39, 0.29) is 0 Å². The summed E-state index contributed by atoms with van der Waals surface area (Å²) < 4.78 is 12.6. The topological polar surface area (TPSA) is 22.4 Å². The number of hydrogen-bond donors (Lipinski definition) is 0. The van der Waals surface area contributed by atoms with Crippen molar-refractivity contribution >= 4 is 43.5 Å². The van der Waals surface area contributed by atoms with E-state index in [1.165, 1.54) is 49.4 Å². The normalized spacial score (nSPS) is 12.2. The molecule has 1 aromatic heterocycles. The molecule has 0 saturated heterocycles. The Morgan fingerprint density at radius 3 is 1.70 bits per heavy atom. The van der Waals surface area contributed by atoms with Gasteiger partial charge < -0.3 is 9.15 Å². The minimum atomic E-state index is 0.908. The SMILES string of the molecule is c1ccc2c(c1)Oc1ccc(-c3ccc(-c4cccc5oc6ccccc6c45)c4ccccc34)c3cccc-2c13. The number of benzene rings is 7. The van der Waals surface area contributed by atoms with Crippen molar-refractivity contribution in [2.75, 3.05) is 0 Å². The minimum Gasteiger partial charge on any atom is -0.456 e. The predicted molar refractivity (Wildman–Crippen MR) is 165 cm³/mol. The highest BCUT2D eigenvalue weighted by atomic mass is 16.5. The highest BCUT2D eigenvalue weighted by Crippen LogP contribution is 2.49. The molecule has 2 heterocycles. The van der Waals surface area contributed by atoms with Gasteiger partial charge in [-0.05, 0) is 68.2 Å². The molecule has 2 heteroatoms. The second-order valence-corrected chi connectivity index (χ2v) is 10.4. The molecule has 0 unspecified atom stereocenters. The fraction of sp³-hybridized carbons (Fsp3) is 0. The van der Waals surface area contributed by atoms with Crippen LogP contribution in [0.5, 0.6) is 11.5 Å². The number of hydrogen-bond acceptors (Lipinski definition) is 2. The summed E-state index contributed by atoms with van der Waals surface area (Å²) in [5.74, 6) is 1.82. The van der Waals surface area contributed by atoms with E-state index in [0.29, 0.717) is 0 Å². The van der Waals surface area contributed by atoms with Crippen molar-refractivity contribution in [3.05, 3.63) is 133 Å². The molecule has 1 aliphatic rings. The van der Waals surface area contributed by atoms with Crippen LogP contribution in [0.3, 0.4) is 0 Å². The first-order valence-electron chi connectivity index (χ1n) is 13.6. The summed E-state index contributed by atoms with van der Waals surface area (Å²) in [5, 5.41) is 7.12. The fourth-order valence-corrected chi connectivity index (χ4v) is 6.58. The number of ether oxygens (including phenoxy) is 1. The summed E-state index contributed by atoms with van der Waals surface area (Å²) in [6.45, 7) is 0. The first-order chi connectivity index (χ1) is 19.8. The Balaban J connectivity index is 1.32. The molecule has 0 spiro atoms. The molecule has 0 amide bonds. The summed E-state index contributed by atoms with van der Waals surface area (Å²) in [5.41, 5.74) is 9.00. The van der Waals surface area contributed by atoms with Crippen LogP contribution in [-0.4, -0.2) is 0 Å². The number of rotatable bonds is 2. The largest absolute Gasteiger partial charge is 0.456 e. The molecule has 0 radical (unpaired) electrons. The van der Waals surface area contributed by atoms with Gasteiger partial charge in [-0.1, -0.05) is 109 Å². The summed E-state index contributed by atoms with van der Waals surface area (Å²) in [6, 6.07) is 47.1. The van der Waals surface area contributed by atoms with Crippen molar-refractivity contribution < 1.29 is 9.15 Å². The zero-order chi connectivity index (χ0) is 26.2. The standard InChI is InChI=1S/C38H22O2/c1-2-10-24-23(9-1)25(19-20-26(24)30-15-8-18-35-38(30)32-12-4-6-17-34(32)40-35)27-21-22-36-37-29(27)13-7-14-31(37)28-11-3-5-16-33(28)39-36/h1-22H. The van der Waals surface area contributed by atoms with Gasteiger partial charge in [0.1, 0.15) is 22.7 Å². The summed E-state index contributed by atoms with van der Waals surface area (Å²) in [7, 11) is 0. The Hall–Kier alpha value is -5.34. The molecular weight excluding hydrogens is 488 g/mol. The lowest BCUT2D eigenvalue weighted by molar-refractivity contribution is 0.487. The molecule has 0 saturated carbocycles. The van der Waals surface area contributed by atoms with E-state index >= 15 is 0 Å². The van der Waals surface area contributed by atoms with Crippen LogP contribution in [0.25, 0.3) is 76.9 Å². The first-order valence-corrected chi connectivity index (χ1v) is 13.6. The van der Waals surface area contributed by atoms with Crippen molar-refractivity contribution in [3.8, 4) is 44.9 Å². The molecule has 0 fully saturated rings. The van der Waals surface area contributed by atoms with E-state index in [9.17, 15) is 0 Å². The molecular formula is C38H22O2. The van der Waals surface area contributed by atoms with Gasteiger partial charge in [0.25, 0.3) is 0 Å². The summed E-state index contributed by atoms with van der Waals surface area (Å²) in [4.78, 5) is 0. The lowest BCUT2D eigenvalue weighted by Gasteiger charge is -2.23. The van der Waals surface area contributed by atoms with E-state index in [0.717, 1.165) is 39.0 Å². The second-order valence-electron chi connectivity index (χ2n) is 10.4. The van der Waals surface area contributed by atoms with Crippen LogP contribution >= 0.6 is 0 Å². The fourth-order valence-electron chi connectivity index (χ4n) is 6.58. The van der Waals surface area contributed by atoms with E-state index < -0.39 is 0 Å². The molecule has 0 bridgehead atoms. The van der Waals surface area contributed by atoms with Gasteiger partial charge in [-0.3, -0.25) is 0 Å².